The number of aryl methyl sites for hydroxylation is 3. The van der Waals surface area contributed by atoms with Crippen molar-refractivity contribution in [3.8, 4) is 0 Å². The lowest BCUT2D eigenvalue weighted by Gasteiger charge is -2.32. The molecule has 1 aliphatic heterocycles. The van der Waals surface area contributed by atoms with Crippen molar-refractivity contribution < 1.29 is 4.79 Å². The first kappa shape index (κ1) is 20.3. The molecule has 3 aromatic rings. The van der Waals surface area contributed by atoms with E-state index in [-0.39, 0.29) is 0 Å². The molecule has 0 N–H and O–H groups in total. The molecule has 0 radical (unpaired) electrons. The standard InChI is InChI=1S/C25H33N5O/c1-2-28-18-26-27-24(28)17-19-11-14-29(15-12-19)25(31)13-16-30-22-9-5-3-7-20(22)21-8-4-6-10-23(21)30/h3,5,7,9,18-19H,2,4,6,8,10-17H2,1H3. The second-order valence-corrected chi connectivity index (χ2v) is 9.11. The van der Waals surface area contributed by atoms with Gasteiger partial charge in [0.05, 0.1) is 0 Å². The lowest BCUT2D eigenvalue weighted by atomic mass is 9.93. The first-order valence-electron chi connectivity index (χ1n) is 12.0. The number of likely N-dealkylation sites (tertiary alicyclic amines) is 1. The van der Waals surface area contributed by atoms with Crippen molar-refractivity contribution in [3.05, 3.63) is 47.7 Å². The predicted octanol–water partition coefficient (Wildman–Crippen LogP) is 4.00. The third kappa shape index (κ3) is 4.00. The second-order valence-electron chi connectivity index (χ2n) is 9.11. The maximum atomic E-state index is 13.0. The van der Waals surface area contributed by atoms with Crippen molar-refractivity contribution >= 4 is 16.8 Å². The van der Waals surface area contributed by atoms with Crippen LogP contribution in [0.1, 0.15) is 56.1 Å². The molecule has 0 atom stereocenters. The molecule has 1 aliphatic carbocycles. The number of benzene rings is 1. The fraction of sp³-hybridized carbons (Fsp3) is 0.560. The first-order chi connectivity index (χ1) is 15.2. The smallest absolute Gasteiger partial charge is 0.224 e. The van der Waals surface area contributed by atoms with Crippen LogP contribution < -0.4 is 0 Å². The molecule has 6 heteroatoms. The number of aromatic nitrogens is 4. The molecule has 0 saturated carbocycles. The zero-order chi connectivity index (χ0) is 21.2. The van der Waals surface area contributed by atoms with Gasteiger partial charge in [0, 0.05) is 55.6 Å². The summed E-state index contributed by atoms with van der Waals surface area (Å²) in [7, 11) is 0. The largest absolute Gasteiger partial charge is 0.344 e. The Morgan fingerprint density at radius 1 is 1.13 bits per heavy atom. The van der Waals surface area contributed by atoms with Crippen molar-refractivity contribution in [3.63, 3.8) is 0 Å². The summed E-state index contributed by atoms with van der Waals surface area (Å²) >= 11 is 0. The van der Waals surface area contributed by atoms with Crippen molar-refractivity contribution in [2.45, 2.75) is 71.4 Å². The van der Waals surface area contributed by atoms with Gasteiger partial charge in [-0.1, -0.05) is 18.2 Å². The molecule has 1 amide bonds. The van der Waals surface area contributed by atoms with Gasteiger partial charge in [-0.25, -0.2) is 0 Å². The molecule has 1 aromatic carbocycles. The van der Waals surface area contributed by atoms with Crippen LogP contribution in [-0.2, 0) is 37.1 Å². The lowest BCUT2D eigenvalue weighted by Crippen LogP contribution is -2.39. The summed E-state index contributed by atoms with van der Waals surface area (Å²) in [5, 5.41) is 9.73. The summed E-state index contributed by atoms with van der Waals surface area (Å²) in [6.45, 7) is 5.58. The predicted molar refractivity (Wildman–Crippen MR) is 122 cm³/mol. The van der Waals surface area contributed by atoms with Crippen molar-refractivity contribution in [2.75, 3.05) is 13.1 Å². The highest BCUT2D eigenvalue weighted by Gasteiger charge is 2.25. The van der Waals surface area contributed by atoms with E-state index in [0.29, 0.717) is 18.2 Å². The minimum absolute atomic E-state index is 0.303. The number of para-hydroxylation sites is 1. The van der Waals surface area contributed by atoms with Gasteiger partial charge in [-0.3, -0.25) is 4.79 Å². The molecule has 164 valence electrons. The molecule has 5 rings (SSSR count). The number of amides is 1. The summed E-state index contributed by atoms with van der Waals surface area (Å²) in [4.78, 5) is 15.1. The minimum atomic E-state index is 0.303. The van der Waals surface area contributed by atoms with Crippen LogP contribution in [0.25, 0.3) is 10.9 Å². The SMILES string of the molecule is CCn1cnnc1CC1CCN(C(=O)CCn2c3c(c4ccccc42)CCCC3)CC1. The fourth-order valence-corrected chi connectivity index (χ4v) is 5.55. The fourth-order valence-electron chi connectivity index (χ4n) is 5.55. The summed E-state index contributed by atoms with van der Waals surface area (Å²) in [6, 6.07) is 8.73. The number of fused-ring (bicyclic) bond motifs is 3. The summed E-state index contributed by atoms with van der Waals surface area (Å²) in [5.41, 5.74) is 4.30. The molecule has 3 heterocycles. The molecule has 0 bridgehead atoms. The van der Waals surface area contributed by atoms with Gasteiger partial charge >= 0.3 is 0 Å². The van der Waals surface area contributed by atoms with E-state index in [1.165, 1.54) is 41.4 Å². The number of piperidine rings is 1. The molecular weight excluding hydrogens is 386 g/mol. The van der Waals surface area contributed by atoms with Gasteiger partial charge in [0.1, 0.15) is 12.2 Å². The van der Waals surface area contributed by atoms with Crippen LogP contribution in [0, 0.1) is 5.92 Å². The van der Waals surface area contributed by atoms with Gasteiger partial charge in [0.15, 0.2) is 0 Å². The average molecular weight is 420 g/mol. The van der Waals surface area contributed by atoms with Gasteiger partial charge in [0.25, 0.3) is 0 Å². The number of rotatable bonds is 6. The van der Waals surface area contributed by atoms with E-state index in [9.17, 15) is 4.79 Å². The molecule has 0 unspecified atom stereocenters. The zero-order valence-corrected chi connectivity index (χ0v) is 18.6. The van der Waals surface area contributed by atoms with E-state index in [1.807, 2.05) is 6.33 Å². The summed E-state index contributed by atoms with van der Waals surface area (Å²) in [5.74, 6) is 1.98. The van der Waals surface area contributed by atoms with E-state index in [0.717, 1.165) is 57.7 Å². The first-order valence-corrected chi connectivity index (χ1v) is 12.0. The van der Waals surface area contributed by atoms with Crippen LogP contribution in [0.2, 0.25) is 0 Å². The Bertz CT molecular complexity index is 1060. The van der Waals surface area contributed by atoms with Crippen molar-refractivity contribution in [1.29, 1.82) is 0 Å². The van der Waals surface area contributed by atoms with Crippen LogP contribution in [0.5, 0.6) is 0 Å². The molecule has 2 aliphatic rings. The molecule has 1 fully saturated rings. The number of carbonyl (C=O) groups excluding carboxylic acids is 1. The highest BCUT2D eigenvalue weighted by atomic mass is 16.2. The Morgan fingerprint density at radius 2 is 1.94 bits per heavy atom. The van der Waals surface area contributed by atoms with Gasteiger partial charge in [0.2, 0.25) is 5.91 Å². The van der Waals surface area contributed by atoms with E-state index < -0.39 is 0 Å². The molecule has 31 heavy (non-hydrogen) atoms. The van der Waals surface area contributed by atoms with Crippen molar-refractivity contribution in [2.24, 2.45) is 5.92 Å². The van der Waals surface area contributed by atoms with Crippen LogP contribution in [0.15, 0.2) is 30.6 Å². The average Bonchev–Trinajstić information content (AvgIpc) is 3.40. The lowest BCUT2D eigenvalue weighted by molar-refractivity contribution is -0.132. The Hall–Kier alpha value is -2.63. The second kappa shape index (κ2) is 8.85. The number of hydrogen-bond acceptors (Lipinski definition) is 3. The molecule has 0 spiro atoms. The molecule has 1 saturated heterocycles. The van der Waals surface area contributed by atoms with Crippen LogP contribution >= 0.6 is 0 Å². The third-order valence-electron chi connectivity index (χ3n) is 7.31. The van der Waals surface area contributed by atoms with Gasteiger partial charge in [-0.05, 0) is 63.0 Å². The van der Waals surface area contributed by atoms with Gasteiger partial charge < -0.3 is 14.0 Å². The maximum absolute atomic E-state index is 13.0. The third-order valence-corrected chi connectivity index (χ3v) is 7.31. The van der Waals surface area contributed by atoms with E-state index in [2.05, 4.69) is 55.4 Å². The summed E-state index contributed by atoms with van der Waals surface area (Å²) < 4.78 is 4.56. The van der Waals surface area contributed by atoms with Crippen molar-refractivity contribution in [1.82, 2.24) is 24.2 Å². The highest BCUT2D eigenvalue weighted by Crippen LogP contribution is 2.32. The normalized spacial score (nSPS) is 17.3. The van der Waals surface area contributed by atoms with Gasteiger partial charge in [-0.2, -0.15) is 0 Å². The topological polar surface area (TPSA) is 56.0 Å². The Morgan fingerprint density at radius 3 is 2.77 bits per heavy atom. The molecule has 2 aromatic heterocycles. The Kier molecular flexibility index (Phi) is 5.79. The van der Waals surface area contributed by atoms with E-state index in [1.54, 1.807) is 0 Å². The van der Waals surface area contributed by atoms with Crippen LogP contribution in [0.4, 0.5) is 0 Å². The van der Waals surface area contributed by atoms with E-state index >= 15 is 0 Å². The number of hydrogen-bond donors (Lipinski definition) is 0. The monoisotopic (exact) mass is 419 g/mol. The number of nitrogens with zero attached hydrogens (tertiary/aromatic N) is 5. The highest BCUT2D eigenvalue weighted by molar-refractivity contribution is 5.86. The quantitative estimate of drug-likeness (QED) is 0.607. The molecule has 6 nitrogen and oxygen atoms in total. The van der Waals surface area contributed by atoms with Crippen LogP contribution in [0.3, 0.4) is 0 Å². The number of carbonyl (C=O) groups is 1. The van der Waals surface area contributed by atoms with Crippen LogP contribution in [-0.4, -0.2) is 43.2 Å². The Labute approximate surface area is 184 Å². The zero-order valence-electron chi connectivity index (χ0n) is 18.6. The Balaban J connectivity index is 1.20. The van der Waals surface area contributed by atoms with Gasteiger partial charge in [-0.15, -0.1) is 10.2 Å². The summed E-state index contributed by atoms with van der Waals surface area (Å²) in [6.07, 6.45) is 10.4. The maximum Gasteiger partial charge on any atom is 0.224 e. The minimum Gasteiger partial charge on any atom is -0.344 e. The van der Waals surface area contributed by atoms with E-state index in [4.69, 9.17) is 0 Å². The molecular formula is C25H33N5O.